The molecule has 2 aromatic rings. The van der Waals surface area contributed by atoms with Gasteiger partial charge in [-0.1, -0.05) is 52.7 Å². The molecule has 0 bridgehead atoms. The van der Waals surface area contributed by atoms with Crippen LogP contribution < -0.4 is 10.5 Å². The van der Waals surface area contributed by atoms with Crippen LogP contribution in [0.5, 0.6) is 5.75 Å². The summed E-state index contributed by atoms with van der Waals surface area (Å²) in [6.45, 7) is 2.56. The number of halogens is 2. The van der Waals surface area contributed by atoms with Crippen LogP contribution in [-0.4, -0.2) is 6.04 Å². The van der Waals surface area contributed by atoms with Crippen molar-refractivity contribution < 1.29 is 4.74 Å². The average Bonchev–Trinajstić information content (AvgIpc) is 2.48. The van der Waals surface area contributed by atoms with Crippen LogP contribution in [0.15, 0.2) is 46.9 Å². The van der Waals surface area contributed by atoms with Crippen LogP contribution in [0.4, 0.5) is 0 Å². The Bertz CT molecular complexity index is 586. The van der Waals surface area contributed by atoms with Crippen molar-refractivity contribution >= 4 is 27.5 Å². The van der Waals surface area contributed by atoms with E-state index < -0.39 is 0 Å². The second-order valence-corrected chi connectivity index (χ2v) is 6.36. The molecule has 2 aromatic carbocycles. The largest absolute Gasteiger partial charge is 0.489 e. The van der Waals surface area contributed by atoms with E-state index in [0.717, 1.165) is 28.6 Å². The van der Waals surface area contributed by atoms with E-state index in [2.05, 4.69) is 35.0 Å². The Morgan fingerprint density at radius 2 is 1.90 bits per heavy atom. The molecule has 2 rings (SSSR count). The van der Waals surface area contributed by atoms with E-state index >= 15 is 0 Å². The van der Waals surface area contributed by atoms with E-state index in [1.165, 1.54) is 5.56 Å². The molecule has 21 heavy (non-hydrogen) atoms. The highest BCUT2D eigenvalue weighted by Crippen LogP contribution is 2.23. The summed E-state index contributed by atoms with van der Waals surface area (Å²) in [7, 11) is 0. The molecule has 0 fully saturated rings. The van der Waals surface area contributed by atoms with Gasteiger partial charge in [0.1, 0.15) is 12.4 Å². The Balaban J connectivity index is 1.94. The SMILES string of the molecule is CCC(N)Cc1ccc(OCc2ccc(Br)cc2Cl)cc1. The third kappa shape index (κ3) is 5.03. The smallest absolute Gasteiger partial charge is 0.119 e. The van der Waals surface area contributed by atoms with Gasteiger partial charge in [0.05, 0.1) is 0 Å². The Labute approximate surface area is 139 Å². The summed E-state index contributed by atoms with van der Waals surface area (Å²) >= 11 is 9.56. The minimum atomic E-state index is 0.221. The fourth-order valence-electron chi connectivity index (χ4n) is 1.97. The number of nitrogens with two attached hydrogens (primary N) is 1. The molecule has 0 spiro atoms. The Kier molecular flexibility index (Phi) is 6.09. The zero-order valence-electron chi connectivity index (χ0n) is 12.0. The maximum absolute atomic E-state index is 6.17. The van der Waals surface area contributed by atoms with E-state index in [1.54, 1.807) is 0 Å². The summed E-state index contributed by atoms with van der Waals surface area (Å²) in [5.74, 6) is 0.836. The fourth-order valence-corrected chi connectivity index (χ4v) is 2.70. The summed E-state index contributed by atoms with van der Waals surface area (Å²) in [6.07, 6.45) is 1.88. The number of ether oxygens (including phenoxy) is 1. The van der Waals surface area contributed by atoms with E-state index in [4.69, 9.17) is 22.1 Å². The third-order valence-electron chi connectivity index (χ3n) is 3.36. The molecule has 2 N–H and O–H groups in total. The van der Waals surface area contributed by atoms with E-state index in [9.17, 15) is 0 Å². The molecule has 0 aromatic heterocycles. The number of hydrogen-bond acceptors (Lipinski definition) is 2. The quantitative estimate of drug-likeness (QED) is 0.782. The Morgan fingerprint density at radius 3 is 2.52 bits per heavy atom. The summed E-state index contributed by atoms with van der Waals surface area (Å²) in [5.41, 5.74) is 8.16. The first-order valence-corrected chi connectivity index (χ1v) is 8.17. The predicted octanol–water partition coefficient (Wildman–Crippen LogP) is 4.96. The van der Waals surface area contributed by atoms with Crippen LogP contribution in [0.1, 0.15) is 24.5 Å². The van der Waals surface area contributed by atoms with Crippen molar-refractivity contribution in [2.45, 2.75) is 32.4 Å². The first kappa shape index (κ1) is 16.3. The molecule has 0 aliphatic carbocycles. The first-order chi connectivity index (χ1) is 10.1. The second-order valence-electron chi connectivity index (χ2n) is 5.04. The third-order valence-corrected chi connectivity index (χ3v) is 4.20. The van der Waals surface area contributed by atoms with Crippen molar-refractivity contribution in [3.63, 3.8) is 0 Å². The molecule has 0 saturated carbocycles. The van der Waals surface area contributed by atoms with Gasteiger partial charge in [0.15, 0.2) is 0 Å². The van der Waals surface area contributed by atoms with Crippen LogP contribution in [0.25, 0.3) is 0 Å². The molecule has 0 saturated heterocycles. The molecule has 0 aliphatic heterocycles. The maximum atomic E-state index is 6.17. The monoisotopic (exact) mass is 367 g/mol. The Morgan fingerprint density at radius 1 is 1.19 bits per heavy atom. The zero-order valence-corrected chi connectivity index (χ0v) is 14.3. The highest BCUT2D eigenvalue weighted by molar-refractivity contribution is 9.10. The molecule has 2 nitrogen and oxygen atoms in total. The minimum absolute atomic E-state index is 0.221. The molecule has 112 valence electrons. The summed E-state index contributed by atoms with van der Waals surface area (Å²) in [5, 5.41) is 0.704. The van der Waals surface area contributed by atoms with Crippen LogP contribution >= 0.6 is 27.5 Å². The van der Waals surface area contributed by atoms with Gasteiger partial charge in [-0.25, -0.2) is 0 Å². The number of rotatable bonds is 6. The van der Waals surface area contributed by atoms with E-state index in [0.29, 0.717) is 11.6 Å². The molecule has 0 aliphatic rings. The van der Waals surface area contributed by atoms with Gasteiger partial charge in [-0.15, -0.1) is 0 Å². The molecule has 0 heterocycles. The molecule has 0 radical (unpaired) electrons. The molecule has 1 atom stereocenters. The lowest BCUT2D eigenvalue weighted by Gasteiger charge is -2.11. The van der Waals surface area contributed by atoms with Crippen molar-refractivity contribution in [1.29, 1.82) is 0 Å². The van der Waals surface area contributed by atoms with Crippen molar-refractivity contribution in [2.24, 2.45) is 5.73 Å². The highest BCUT2D eigenvalue weighted by Gasteiger charge is 2.04. The minimum Gasteiger partial charge on any atom is -0.489 e. The summed E-state index contributed by atoms with van der Waals surface area (Å²) < 4.78 is 6.73. The normalized spacial score (nSPS) is 12.2. The average molecular weight is 369 g/mol. The topological polar surface area (TPSA) is 35.2 Å². The van der Waals surface area contributed by atoms with Crippen molar-refractivity contribution in [3.05, 3.63) is 63.1 Å². The van der Waals surface area contributed by atoms with Gasteiger partial charge >= 0.3 is 0 Å². The van der Waals surface area contributed by atoms with Gasteiger partial charge in [-0.2, -0.15) is 0 Å². The van der Waals surface area contributed by atoms with Crippen LogP contribution in [0.2, 0.25) is 5.02 Å². The first-order valence-electron chi connectivity index (χ1n) is 6.99. The molecule has 0 amide bonds. The van der Waals surface area contributed by atoms with Gasteiger partial charge in [0.2, 0.25) is 0 Å². The molecular formula is C17H19BrClNO. The van der Waals surface area contributed by atoms with Gasteiger partial charge in [0.25, 0.3) is 0 Å². The standard InChI is InChI=1S/C17H19BrClNO/c1-2-15(20)9-12-3-7-16(8-4-12)21-11-13-5-6-14(18)10-17(13)19/h3-8,10,15H,2,9,11,20H2,1H3. The van der Waals surface area contributed by atoms with Crippen LogP contribution in [0, 0.1) is 0 Å². The molecule has 4 heteroatoms. The van der Waals surface area contributed by atoms with E-state index in [-0.39, 0.29) is 6.04 Å². The van der Waals surface area contributed by atoms with Gasteiger partial charge in [-0.05, 0) is 42.7 Å². The fraction of sp³-hybridized carbons (Fsp3) is 0.294. The number of benzene rings is 2. The van der Waals surface area contributed by atoms with Crippen molar-refractivity contribution in [1.82, 2.24) is 0 Å². The van der Waals surface area contributed by atoms with Gasteiger partial charge in [0, 0.05) is 21.1 Å². The number of hydrogen-bond donors (Lipinski definition) is 1. The summed E-state index contributed by atoms with van der Waals surface area (Å²) in [6, 6.07) is 14.1. The van der Waals surface area contributed by atoms with Crippen molar-refractivity contribution in [3.8, 4) is 5.75 Å². The zero-order chi connectivity index (χ0) is 15.2. The van der Waals surface area contributed by atoms with Crippen LogP contribution in [0.3, 0.4) is 0 Å². The van der Waals surface area contributed by atoms with Crippen molar-refractivity contribution in [2.75, 3.05) is 0 Å². The van der Waals surface area contributed by atoms with Crippen LogP contribution in [-0.2, 0) is 13.0 Å². The molecular weight excluding hydrogens is 350 g/mol. The van der Waals surface area contributed by atoms with Gasteiger partial charge < -0.3 is 10.5 Å². The lowest BCUT2D eigenvalue weighted by atomic mass is 10.0. The van der Waals surface area contributed by atoms with Gasteiger partial charge in [-0.3, -0.25) is 0 Å². The summed E-state index contributed by atoms with van der Waals surface area (Å²) in [4.78, 5) is 0. The lowest BCUT2D eigenvalue weighted by Crippen LogP contribution is -2.21. The Hall–Kier alpha value is -1.03. The second kappa shape index (κ2) is 7.83. The molecule has 1 unspecified atom stereocenters. The predicted molar refractivity (Wildman–Crippen MR) is 91.9 cm³/mol. The highest BCUT2D eigenvalue weighted by atomic mass is 79.9. The maximum Gasteiger partial charge on any atom is 0.119 e. The van der Waals surface area contributed by atoms with E-state index in [1.807, 2.05) is 30.3 Å². The lowest BCUT2D eigenvalue weighted by molar-refractivity contribution is 0.306.